The van der Waals surface area contributed by atoms with Crippen molar-refractivity contribution in [3.63, 3.8) is 0 Å². The smallest absolute Gasteiger partial charge is 0.291 e. The van der Waals surface area contributed by atoms with Gasteiger partial charge in [-0.1, -0.05) is 19.8 Å². The third kappa shape index (κ3) is 4.31. The van der Waals surface area contributed by atoms with Gasteiger partial charge in [-0.05, 0) is 25.9 Å². The highest BCUT2D eigenvalue weighted by Gasteiger charge is 2.12. The predicted octanol–water partition coefficient (Wildman–Crippen LogP) is 0.973. The number of carbonyl (C=O) groups is 1. The number of hydrogen-bond donors (Lipinski definition) is 2. The Labute approximate surface area is 114 Å². The SMILES string of the molecule is CCc1nc(C(=O)NCCN2CCCCCC2)n[nH]1. The molecule has 1 aromatic heterocycles. The molecule has 0 saturated carbocycles. The van der Waals surface area contributed by atoms with Crippen molar-refractivity contribution in [3.8, 4) is 0 Å². The molecular formula is C13H23N5O. The zero-order valence-electron chi connectivity index (χ0n) is 11.6. The quantitative estimate of drug-likeness (QED) is 0.832. The summed E-state index contributed by atoms with van der Waals surface area (Å²) in [4.78, 5) is 18.3. The van der Waals surface area contributed by atoms with Crippen molar-refractivity contribution in [2.24, 2.45) is 0 Å². The summed E-state index contributed by atoms with van der Waals surface area (Å²) in [6, 6.07) is 0. The van der Waals surface area contributed by atoms with Crippen LogP contribution in [0.15, 0.2) is 0 Å². The standard InChI is InChI=1S/C13H23N5O/c1-2-11-15-12(17-16-11)13(19)14-7-10-18-8-5-3-4-6-9-18/h2-10H2,1H3,(H,14,19)(H,15,16,17). The second kappa shape index (κ2) is 7.23. The van der Waals surface area contributed by atoms with Gasteiger partial charge in [0, 0.05) is 19.5 Å². The fourth-order valence-electron chi connectivity index (χ4n) is 2.32. The molecule has 1 aromatic rings. The maximum Gasteiger partial charge on any atom is 0.291 e. The largest absolute Gasteiger partial charge is 0.348 e. The molecule has 106 valence electrons. The number of hydrogen-bond acceptors (Lipinski definition) is 4. The van der Waals surface area contributed by atoms with Gasteiger partial charge in [0.1, 0.15) is 5.82 Å². The van der Waals surface area contributed by atoms with E-state index in [0.717, 1.165) is 31.9 Å². The summed E-state index contributed by atoms with van der Waals surface area (Å²) in [5, 5.41) is 9.54. The van der Waals surface area contributed by atoms with Crippen molar-refractivity contribution in [2.75, 3.05) is 26.2 Å². The number of H-pyrrole nitrogens is 1. The van der Waals surface area contributed by atoms with E-state index in [1.165, 1.54) is 25.7 Å². The molecule has 1 fully saturated rings. The lowest BCUT2D eigenvalue weighted by Gasteiger charge is -2.19. The monoisotopic (exact) mass is 265 g/mol. The number of amides is 1. The van der Waals surface area contributed by atoms with Crippen molar-refractivity contribution in [1.29, 1.82) is 0 Å². The molecule has 1 amide bonds. The number of nitrogens with zero attached hydrogens (tertiary/aromatic N) is 3. The van der Waals surface area contributed by atoms with Gasteiger partial charge in [-0.2, -0.15) is 0 Å². The average Bonchev–Trinajstić information content (AvgIpc) is 2.76. The van der Waals surface area contributed by atoms with Gasteiger partial charge in [0.05, 0.1) is 0 Å². The fourth-order valence-corrected chi connectivity index (χ4v) is 2.32. The molecule has 6 nitrogen and oxygen atoms in total. The highest BCUT2D eigenvalue weighted by molar-refractivity contribution is 5.90. The third-order valence-corrected chi connectivity index (χ3v) is 3.48. The maximum atomic E-state index is 11.8. The minimum absolute atomic E-state index is 0.189. The lowest BCUT2D eigenvalue weighted by atomic mass is 10.2. The Hall–Kier alpha value is -1.43. The van der Waals surface area contributed by atoms with Crippen LogP contribution in [0.2, 0.25) is 0 Å². The minimum Gasteiger partial charge on any atom is -0.348 e. The number of rotatable bonds is 5. The van der Waals surface area contributed by atoms with Crippen molar-refractivity contribution < 1.29 is 4.79 Å². The first-order valence-electron chi connectivity index (χ1n) is 7.21. The molecule has 0 radical (unpaired) electrons. The number of nitrogens with one attached hydrogen (secondary N) is 2. The summed E-state index contributed by atoms with van der Waals surface area (Å²) in [6.45, 7) is 5.85. The van der Waals surface area contributed by atoms with E-state index in [2.05, 4.69) is 25.4 Å². The van der Waals surface area contributed by atoms with E-state index in [4.69, 9.17) is 0 Å². The number of likely N-dealkylation sites (tertiary alicyclic amines) is 1. The van der Waals surface area contributed by atoms with Crippen LogP contribution >= 0.6 is 0 Å². The van der Waals surface area contributed by atoms with E-state index in [1.54, 1.807) is 0 Å². The van der Waals surface area contributed by atoms with Crippen LogP contribution in [0, 0.1) is 0 Å². The van der Waals surface area contributed by atoms with Gasteiger partial charge in [0.25, 0.3) is 5.91 Å². The van der Waals surface area contributed by atoms with Gasteiger partial charge >= 0.3 is 0 Å². The van der Waals surface area contributed by atoms with Crippen LogP contribution in [-0.4, -0.2) is 52.2 Å². The Balaban J connectivity index is 1.71. The van der Waals surface area contributed by atoms with E-state index in [9.17, 15) is 4.79 Å². The van der Waals surface area contributed by atoms with Crippen molar-refractivity contribution in [2.45, 2.75) is 39.0 Å². The van der Waals surface area contributed by atoms with Crippen LogP contribution < -0.4 is 5.32 Å². The Kier molecular flexibility index (Phi) is 5.32. The molecule has 0 aliphatic carbocycles. The molecule has 0 spiro atoms. The van der Waals surface area contributed by atoms with Gasteiger partial charge in [0.2, 0.25) is 5.82 Å². The lowest BCUT2D eigenvalue weighted by molar-refractivity contribution is 0.0938. The van der Waals surface area contributed by atoms with E-state index in [-0.39, 0.29) is 11.7 Å². The first-order chi connectivity index (χ1) is 9.29. The van der Waals surface area contributed by atoms with E-state index in [1.807, 2.05) is 6.92 Å². The van der Waals surface area contributed by atoms with Crippen molar-refractivity contribution in [3.05, 3.63) is 11.6 Å². The summed E-state index contributed by atoms with van der Waals surface area (Å²) >= 11 is 0. The molecule has 1 aliphatic rings. The predicted molar refractivity (Wildman–Crippen MR) is 73.0 cm³/mol. The molecule has 0 aromatic carbocycles. The number of carbonyl (C=O) groups excluding carboxylic acids is 1. The summed E-state index contributed by atoms with van der Waals surface area (Å²) in [7, 11) is 0. The Morgan fingerprint density at radius 1 is 1.32 bits per heavy atom. The lowest BCUT2D eigenvalue weighted by Crippen LogP contribution is -2.35. The third-order valence-electron chi connectivity index (χ3n) is 3.48. The van der Waals surface area contributed by atoms with Gasteiger partial charge in [-0.3, -0.25) is 9.89 Å². The van der Waals surface area contributed by atoms with E-state index < -0.39 is 0 Å². The molecule has 0 unspecified atom stereocenters. The van der Waals surface area contributed by atoms with Crippen LogP contribution in [0.3, 0.4) is 0 Å². The molecule has 0 bridgehead atoms. The van der Waals surface area contributed by atoms with Crippen LogP contribution in [0.25, 0.3) is 0 Å². The van der Waals surface area contributed by atoms with Crippen LogP contribution in [0.4, 0.5) is 0 Å². The van der Waals surface area contributed by atoms with Crippen LogP contribution in [0.1, 0.15) is 49.1 Å². The van der Waals surface area contributed by atoms with Gasteiger partial charge in [-0.25, -0.2) is 4.98 Å². The molecule has 2 N–H and O–H groups in total. The molecular weight excluding hydrogens is 242 g/mol. The number of aromatic nitrogens is 3. The van der Waals surface area contributed by atoms with Crippen molar-refractivity contribution >= 4 is 5.91 Å². The van der Waals surface area contributed by atoms with Gasteiger partial charge < -0.3 is 10.2 Å². The molecule has 6 heteroatoms. The average molecular weight is 265 g/mol. The topological polar surface area (TPSA) is 73.9 Å². The van der Waals surface area contributed by atoms with Crippen LogP contribution in [0.5, 0.6) is 0 Å². The summed E-state index contributed by atoms with van der Waals surface area (Å²) < 4.78 is 0. The van der Waals surface area contributed by atoms with E-state index >= 15 is 0 Å². The first kappa shape index (κ1) is 14.0. The second-order valence-corrected chi connectivity index (χ2v) is 4.97. The minimum atomic E-state index is -0.189. The zero-order valence-corrected chi connectivity index (χ0v) is 11.6. The Morgan fingerprint density at radius 2 is 2.05 bits per heavy atom. The second-order valence-electron chi connectivity index (χ2n) is 4.97. The van der Waals surface area contributed by atoms with Crippen molar-refractivity contribution in [1.82, 2.24) is 25.4 Å². The fraction of sp³-hybridized carbons (Fsp3) is 0.769. The summed E-state index contributed by atoms with van der Waals surface area (Å²) in [5.41, 5.74) is 0. The highest BCUT2D eigenvalue weighted by atomic mass is 16.2. The molecule has 1 aliphatic heterocycles. The van der Waals surface area contributed by atoms with Crippen LogP contribution in [-0.2, 0) is 6.42 Å². The van der Waals surface area contributed by atoms with Gasteiger partial charge in [-0.15, -0.1) is 5.10 Å². The van der Waals surface area contributed by atoms with E-state index in [0.29, 0.717) is 6.54 Å². The molecule has 19 heavy (non-hydrogen) atoms. The Bertz CT molecular complexity index is 395. The number of aryl methyl sites for hydroxylation is 1. The first-order valence-corrected chi connectivity index (χ1v) is 7.21. The molecule has 2 rings (SSSR count). The maximum absolute atomic E-state index is 11.8. The summed E-state index contributed by atoms with van der Waals surface area (Å²) in [6.07, 6.45) is 5.97. The number of aromatic amines is 1. The Morgan fingerprint density at radius 3 is 2.68 bits per heavy atom. The highest BCUT2D eigenvalue weighted by Crippen LogP contribution is 2.08. The molecule has 2 heterocycles. The molecule has 1 saturated heterocycles. The summed E-state index contributed by atoms with van der Waals surface area (Å²) in [5.74, 6) is 0.802. The van der Waals surface area contributed by atoms with Gasteiger partial charge in [0.15, 0.2) is 0 Å². The normalized spacial score (nSPS) is 17.1. The zero-order chi connectivity index (χ0) is 13.5. The molecule has 0 atom stereocenters.